The van der Waals surface area contributed by atoms with Gasteiger partial charge in [-0.3, -0.25) is 0 Å². The van der Waals surface area contributed by atoms with Crippen LogP contribution in [0.25, 0.3) is 16.2 Å². The van der Waals surface area contributed by atoms with Gasteiger partial charge < -0.3 is 9.31 Å². The Labute approximate surface area is 139 Å². The van der Waals surface area contributed by atoms with Crippen molar-refractivity contribution in [2.24, 2.45) is 0 Å². The van der Waals surface area contributed by atoms with Crippen molar-refractivity contribution in [1.29, 1.82) is 0 Å². The number of rotatable bonds is 2. The third kappa shape index (κ3) is 2.84. The molecule has 0 atom stereocenters. The molecule has 2 aromatic rings. The Morgan fingerprint density at radius 1 is 0.826 bits per heavy atom. The monoisotopic (exact) mass is 308 g/mol. The van der Waals surface area contributed by atoms with Crippen LogP contribution in [-0.2, 0) is 9.31 Å². The molecule has 0 aromatic heterocycles. The second-order valence-corrected chi connectivity index (χ2v) is 7.56. The maximum atomic E-state index is 6.27. The SMILES string of the molecule is CC(C)=C(B1OC(C)(C)C(C)(C)O1)c1ccc2ccccc2c1. The van der Waals surface area contributed by atoms with E-state index in [2.05, 4.69) is 84.0 Å². The van der Waals surface area contributed by atoms with E-state index in [9.17, 15) is 0 Å². The van der Waals surface area contributed by atoms with Crippen LogP contribution >= 0.6 is 0 Å². The number of hydrogen-bond donors (Lipinski definition) is 0. The lowest BCUT2D eigenvalue weighted by Gasteiger charge is -2.32. The van der Waals surface area contributed by atoms with Gasteiger partial charge >= 0.3 is 7.12 Å². The molecule has 0 amide bonds. The highest BCUT2D eigenvalue weighted by Gasteiger charge is 2.52. The summed E-state index contributed by atoms with van der Waals surface area (Å²) >= 11 is 0. The first-order valence-corrected chi connectivity index (χ1v) is 8.23. The van der Waals surface area contributed by atoms with Gasteiger partial charge in [-0.25, -0.2) is 0 Å². The fraction of sp³-hybridized carbons (Fsp3) is 0.400. The average molecular weight is 308 g/mol. The summed E-state index contributed by atoms with van der Waals surface area (Å²) in [6.07, 6.45) is 0. The molecule has 0 bridgehead atoms. The van der Waals surface area contributed by atoms with E-state index in [0.29, 0.717) is 0 Å². The Kier molecular flexibility index (Phi) is 3.90. The van der Waals surface area contributed by atoms with Crippen LogP contribution in [0.3, 0.4) is 0 Å². The molecule has 23 heavy (non-hydrogen) atoms. The minimum absolute atomic E-state index is 0.324. The summed E-state index contributed by atoms with van der Waals surface area (Å²) < 4.78 is 12.5. The van der Waals surface area contributed by atoms with E-state index in [-0.39, 0.29) is 18.3 Å². The van der Waals surface area contributed by atoms with Crippen molar-refractivity contribution in [2.75, 3.05) is 0 Å². The molecular formula is C20H25BO2. The fourth-order valence-corrected chi connectivity index (χ4v) is 2.98. The van der Waals surface area contributed by atoms with Crippen LogP contribution in [0.2, 0.25) is 0 Å². The van der Waals surface area contributed by atoms with E-state index in [4.69, 9.17) is 9.31 Å². The second kappa shape index (κ2) is 5.50. The quantitative estimate of drug-likeness (QED) is 0.704. The molecule has 1 heterocycles. The largest absolute Gasteiger partial charge is 0.495 e. The van der Waals surface area contributed by atoms with Gasteiger partial charge in [0, 0.05) is 0 Å². The molecule has 0 N–H and O–H groups in total. The molecule has 2 nitrogen and oxygen atoms in total. The maximum Gasteiger partial charge on any atom is 0.495 e. The van der Waals surface area contributed by atoms with Crippen molar-refractivity contribution >= 4 is 23.4 Å². The van der Waals surface area contributed by atoms with Crippen molar-refractivity contribution in [1.82, 2.24) is 0 Å². The third-order valence-electron chi connectivity index (χ3n) is 5.09. The zero-order valence-corrected chi connectivity index (χ0v) is 14.9. The van der Waals surface area contributed by atoms with E-state index >= 15 is 0 Å². The molecular weight excluding hydrogens is 283 g/mol. The van der Waals surface area contributed by atoms with Crippen LogP contribution in [0.5, 0.6) is 0 Å². The molecule has 3 heteroatoms. The number of allylic oxidation sites excluding steroid dienone is 1. The predicted octanol–water partition coefficient (Wildman–Crippen LogP) is 5.26. The van der Waals surface area contributed by atoms with Gasteiger partial charge in [0.15, 0.2) is 0 Å². The van der Waals surface area contributed by atoms with Gasteiger partial charge in [0.25, 0.3) is 0 Å². The Hall–Kier alpha value is -1.58. The van der Waals surface area contributed by atoms with Crippen LogP contribution in [0.4, 0.5) is 0 Å². The van der Waals surface area contributed by atoms with Crippen LogP contribution in [0.1, 0.15) is 47.1 Å². The van der Waals surface area contributed by atoms with E-state index in [1.807, 2.05) is 0 Å². The number of fused-ring (bicyclic) bond motifs is 1. The zero-order chi connectivity index (χ0) is 16.8. The Morgan fingerprint density at radius 2 is 1.39 bits per heavy atom. The van der Waals surface area contributed by atoms with Crippen LogP contribution < -0.4 is 0 Å². The fourth-order valence-electron chi connectivity index (χ4n) is 2.98. The van der Waals surface area contributed by atoms with Crippen LogP contribution in [-0.4, -0.2) is 18.3 Å². The first-order valence-electron chi connectivity index (χ1n) is 8.23. The van der Waals surface area contributed by atoms with Crippen molar-refractivity contribution in [3.63, 3.8) is 0 Å². The summed E-state index contributed by atoms with van der Waals surface area (Å²) in [5.41, 5.74) is 2.88. The van der Waals surface area contributed by atoms with E-state index < -0.39 is 0 Å². The van der Waals surface area contributed by atoms with Gasteiger partial charge in [-0.15, -0.1) is 0 Å². The van der Waals surface area contributed by atoms with Crippen molar-refractivity contribution < 1.29 is 9.31 Å². The molecule has 120 valence electrons. The van der Waals surface area contributed by atoms with Gasteiger partial charge in [-0.05, 0) is 69.4 Å². The predicted molar refractivity (Wildman–Crippen MR) is 98.3 cm³/mol. The topological polar surface area (TPSA) is 18.5 Å². The minimum Gasteiger partial charge on any atom is -0.399 e. The van der Waals surface area contributed by atoms with E-state index in [1.165, 1.54) is 21.9 Å². The number of benzene rings is 2. The van der Waals surface area contributed by atoms with E-state index in [1.54, 1.807) is 0 Å². The Morgan fingerprint density at radius 3 is 1.96 bits per heavy atom. The van der Waals surface area contributed by atoms with Gasteiger partial charge in [0.1, 0.15) is 0 Å². The maximum absolute atomic E-state index is 6.27. The summed E-state index contributed by atoms with van der Waals surface area (Å²) in [6.45, 7) is 12.6. The molecule has 0 radical (unpaired) electrons. The molecule has 0 saturated carbocycles. The van der Waals surface area contributed by atoms with Gasteiger partial charge in [0.2, 0.25) is 0 Å². The van der Waals surface area contributed by atoms with Gasteiger partial charge in [-0.1, -0.05) is 42.0 Å². The average Bonchev–Trinajstić information content (AvgIpc) is 2.66. The highest BCUT2D eigenvalue weighted by molar-refractivity contribution is 6.69. The molecule has 1 fully saturated rings. The van der Waals surface area contributed by atoms with E-state index in [0.717, 1.165) is 5.47 Å². The van der Waals surface area contributed by atoms with Crippen molar-refractivity contribution in [3.05, 3.63) is 53.6 Å². The summed E-state index contributed by atoms with van der Waals surface area (Å²) in [4.78, 5) is 0. The van der Waals surface area contributed by atoms with Crippen LogP contribution in [0, 0.1) is 0 Å². The normalized spacial score (nSPS) is 19.1. The summed E-state index contributed by atoms with van der Waals surface area (Å²) in [5, 5.41) is 2.48. The smallest absolute Gasteiger partial charge is 0.399 e. The highest BCUT2D eigenvalue weighted by atomic mass is 16.7. The number of hydrogen-bond acceptors (Lipinski definition) is 2. The summed E-state index contributed by atoms with van der Waals surface area (Å²) in [6, 6.07) is 15.0. The highest BCUT2D eigenvalue weighted by Crippen LogP contribution is 2.41. The molecule has 1 saturated heterocycles. The molecule has 3 rings (SSSR count). The second-order valence-electron chi connectivity index (χ2n) is 7.56. The first-order chi connectivity index (χ1) is 10.7. The molecule has 0 spiro atoms. The Balaban J connectivity index is 2.05. The van der Waals surface area contributed by atoms with Gasteiger partial charge in [-0.2, -0.15) is 0 Å². The van der Waals surface area contributed by atoms with Crippen LogP contribution in [0.15, 0.2) is 48.0 Å². The minimum atomic E-state index is -0.328. The van der Waals surface area contributed by atoms with Gasteiger partial charge in [0.05, 0.1) is 11.2 Å². The molecule has 2 aromatic carbocycles. The molecule has 0 aliphatic carbocycles. The van der Waals surface area contributed by atoms with Crippen molar-refractivity contribution in [2.45, 2.75) is 52.7 Å². The zero-order valence-electron chi connectivity index (χ0n) is 14.9. The first kappa shape index (κ1) is 16.3. The molecule has 1 aliphatic rings. The molecule has 0 unspecified atom stereocenters. The summed E-state index contributed by atoms with van der Waals surface area (Å²) in [5.74, 6) is 0. The lowest BCUT2D eigenvalue weighted by atomic mass is 9.71. The lowest BCUT2D eigenvalue weighted by molar-refractivity contribution is 0.00578. The Bertz CT molecular complexity index is 754. The molecule has 1 aliphatic heterocycles. The standard InChI is InChI=1S/C20H25BO2/c1-14(2)18(21-22-19(3,4)20(5,6)23-21)17-12-11-15-9-7-8-10-16(15)13-17/h7-13H,1-6H3. The third-order valence-corrected chi connectivity index (χ3v) is 5.09. The summed E-state index contributed by atoms with van der Waals surface area (Å²) in [7, 11) is -0.328. The van der Waals surface area contributed by atoms with Crippen molar-refractivity contribution in [3.8, 4) is 0 Å². The lowest BCUT2D eigenvalue weighted by Crippen LogP contribution is -2.41.